The van der Waals surface area contributed by atoms with Gasteiger partial charge < -0.3 is 15.2 Å². The fraction of sp³-hybridized carbons (Fsp3) is 0.278. The summed E-state index contributed by atoms with van der Waals surface area (Å²) in [5, 5.41) is 12.7. The topological polar surface area (TPSA) is 91.8 Å². The molecule has 3 rings (SSSR count). The van der Waals surface area contributed by atoms with Crippen molar-refractivity contribution in [2.24, 2.45) is 0 Å². The lowest BCUT2D eigenvalue weighted by atomic mass is 9.97. The Morgan fingerprint density at radius 1 is 1.27 bits per heavy atom. The summed E-state index contributed by atoms with van der Waals surface area (Å²) in [6.45, 7) is 1.19. The van der Waals surface area contributed by atoms with E-state index in [4.69, 9.17) is 4.74 Å². The van der Waals surface area contributed by atoms with Crippen molar-refractivity contribution < 1.29 is 23.8 Å². The monoisotopic (exact) mass is 359 g/mol. The number of nitrogens with zero attached hydrogens (tertiary/aromatic N) is 2. The highest BCUT2D eigenvalue weighted by atomic mass is 19.1. The Morgan fingerprint density at radius 3 is 2.65 bits per heavy atom. The molecule has 0 aliphatic carbocycles. The number of aliphatic hydroxyl groups excluding tert-OH is 1. The fourth-order valence-corrected chi connectivity index (χ4v) is 2.68. The molecule has 0 spiro atoms. The molecule has 136 valence electrons. The van der Waals surface area contributed by atoms with E-state index in [9.17, 15) is 19.1 Å². The number of rotatable bonds is 6. The highest BCUT2D eigenvalue weighted by Crippen LogP contribution is 2.27. The molecule has 1 aliphatic rings. The van der Waals surface area contributed by atoms with Gasteiger partial charge in [-0.05, 0) is 43.3 Å². The zero-order valence-corrected chi connectivity index (χ0v) is 14.1. The van der Waals surface area contributed by atoms with E-state index in [0.29, 0.717) is 11.4 Å². The minimum Gasteiger partial charge on any atom is -0.491 e. The van der Waals surface area contributed by atoms with E-state index in [0.717, 1.165) is 4.90 Å². The number of hydrogen-bond donors (Lipinski definition) is 2. The zero-order valence-electron chi connectivity index (χ0n) is 14.1. The number of imide groups is 1. The molecule has 1 saturated heterocycles. The molecule has 2 aromatic rings. The summed E-state index contributed by atoms with van der Waals surface area (Å²) < 4.78 is 18.2. The first-order chi connectivity index (χ1) is 12.4. The highest BCUT2D eigenvalue weighted by molar-refractivity contribution is 6.07. The summed E-state index contributed by atoms with van der Waals surface area (Å²) in [5.41, 5.74) is -0.867. The molecule has 2 atom stereocenters. The number of nitrogens with one attached hydrogen (secondary N) is 1. The Labute approximate surface area is 149 Å². The maximum Gasteiger partial charge on any atom is 0.325 e. The third-order valence-corrected chi connectivity index (χ3v) is 4.10. The van der Waals surface area contributed by atoms with Crippen LogP contribution in [0.4, 0.5) is 9.18 Å². The van der Waals surface area contributed by atoms with E-state index in [1.54, 1.807) is 25.1 Å². The molecule has 1 aromatic heterocycles. The first-order valence-corrected chi connectivity index (χ1v) is 8.02. The maximum absolute atomic E-state index is 12.9. The van der Waals surface area contributed by atoms with Gasteiger partial charge in [-0.15, -0.1) is 0 Å². The van der Waals surface area contributed by atoms with E-state index in [1.807, 2.05) is 0 Å². The lowest BCUT2D eigenvalue weighted by Gasteiger charge is -2.22. The first kappa shape index (κ1) is 17.8. The van der Waals surface area contributed by atoms with Gasteiger partial charge in [0.15, 0.2) is 5.54 Å². The SMILES string of the molecule is C[C@]1(c2ccccn2)NC(=O)N(C[C@H](O)COc2ccc(F)cc2)C1=O. The molecule has 7 nitrogen and oxygen atoms in total. The van der Waals surface area contributed by atoms with Gasteiger partial charge in [0.1, 0.15) is 24.3 Å². The van der Waals surface area contributed by atoms with Gasteiger partial charge in [0.25, 0.3) is 5.91 Å². The zero-order chi connectivity index (χ0) is 18.7. The molecule has 1 aromatic carbocycles. The van der Waals surface area contributed by atoms with Crippen LogP contribution in [0.1, 0.15) is 12.6 Å². The summed E-state index contributed by atoms with van der Waals surface area (Å²) in [4.78, 5) is 30.0. The number of benzene rings is 1. The van der Waals surface area contributed by atoms with E-state index in [-0.39, 0.29) is 13.2 Å². The molecule has 8 heteroatoms. The molecule has 2 heterocycles. The fourth-order valence-electron chi connectivity index (χ4n) is 2.68. The van der Waals surface area contributed by atoms with Crippen LogP contribution in [-0.4, -0.2) is 46.2 Å². The van der Waals surface area contributed by atoms with Crippen molar-refractivity contribution in [3.63, 3.8) is 0 Å². The third kappa shape index (κ3) is 3.50. The molecule has 1 aliphatic heterocycles. The Kier molecular flexibility index (Phi) is 4.85. The molecule has 0 bridgehead atoms. The first-order valence-electron chi connectivity index (χ1n) is 8.02. The molecule has 0 saturated carbocycles. The minimum absolute atomic E-state index is 0.150. The number of hydrogen-bond acceptors (Lipinski definition) is 5. The predicted molar refractivity (Wildman–Crippen MR) is 89.7 cm³/mol. The number of ether oxygens (including phenoxy) is 1. The summed E-state index contributed by atoms with van der Waals surface area (Å²) >= 11 is 0. The number of carbonyl (C=O) groups is 2. The van der Waals surface area contributed by atoms with Gasteiger partial charge >= 0.3 is 6.03 Å². The maximum atomic E-state index is 12.9. The van der Waals surface area contributed by atoms with E-state index < -0.39 is 29.4 Å². The predicted octanol–water partition coefficient (Wildman–Crippen LogP) is 1.43. The molecular formula is C18H18FN3O4. The normalized spacial score (nSPS) is 20.8. The van der Waals surface area contributed by atoms with Gasteiger partial charge in [-0.2, -0.15) is 0 Å². The highest BCUT2D eigenvalue weighted by Gasteiger charge is 2.50. The Hall–Kier alpha value is -3.00. The second-order valence-electron chi connectivity index (χ2n) is 6.10. The molecule has 0 unspecified atom stereocenters. The van der Waals surface area contributed by atoms with Gasteiger partial charge in [0.05, 0.1) is 12.2 Å². The van der Waals surface area contributed by atoms with Crippen LogP contribution in [0, 0.1) is 5.82 Å². The lowest BCUT2D eigenvalue weighted by molar-refractivity contribution is -0.132. The van der Waals surface area contributed by atoms with Crippen molar-refractivity contribution in [2.45, 2.75) is 18.6 Å². The number of aliphatic hydroxyl groups is 1. The van der Waals surface area contributed by atoms with Crippen LogP contribution in [0.3, 0.4) is 0 Å². The molecular weight excluding hydrogens is 341 g/mol. The minimum atomic E-state index is -1.28. The number of carbonyl (C=O) groups excluding carboxylic acids is 2. The molecule has 2 N–H and O–H groups in total. The standard InChI is InChI=1S/C18H18FN3O4/c1-18(15-4-2-3-9-20-15)16(24)22(17(25)21-18)10-13(23)11-26-14-7-5-12(19)6-8-14/h2-9,13,23H,10-11H2,1H3,(H,21,25)/t13-,18+/m0/s1. The molecule has 26 heavy (non-hydrogen) atoms. The molecule has 1 fully saturated rings. The van der Waals surface area contributed by atoms with Crippen LogP contribution < -0.4 is 10.1 Å². The van der Waals surface area contributed by atoms with Gasteiger partial charge in [-0.3, -0.25) is 14.7 Å². The second kappa shape index (κ2) is 7.09. The number of aromatic nitrogens is 1. The van der Waals surface area contributed by atoms with Gasteiger partial charge in [0.2, 0.25) is 0 Å². The summed E-state index contributed by atoms with van der Waals surface area (Å²) in [6, 6.07) is 9.79. The Morgan fingerprint density at radius 2 is 2.00 bits per heavy atom. The van der Waals surface area contributed by atoms with Crippen molar-refractivity contribution in [1.82, 2.24) is 15.2 Å². The van der Waals surface area contributed by atoms with Crippen molar-refractivity contribution in [2.75, 3.05) is 13.2 Å². The van der Waals surface area contributed by atoms with Crippen molar-refractivity contribution in [3.8, 4) is 5.75 Å². The summed E-state index contributed by atoms with van der Waals surface area (Å²) in [6.07, 6.45) is 0.439. The van der Waals surface area contributed by atoms with E-state index in [2.05, 4.69) is 10.3 Å². The smallest absolute Gasteiger partial charge is 0.325 e. The molecule has 3 amide bonds. The van der Waals surface area contributed by atoms with Crippen LogP contribution >= 0.6 is 0 Å². The van der Waals surface area contributed by atoms with Crippen LogP contribution in [0.25, 0.3) is 0 Å². The van der Waals surface area contributed by atoms with Gasteiger partial charge in [0, 0.05) is 6.20 Å². The third-order valence-electron chi connectivity index (χ3n) is 4.10. The number of halogens is 1. The van der Waals surface area contributed by atoms with Crippen LogP contribution in [0.5, 0.6) is 5.75 Å². The lowest BCUT2D eigenvalue weighted by Crippen LogP contribution is -2.43. The van der Waals surface area contributed by atoms with Crippen LogP contribution in [-0.2, 0) is 10.3 Å². The average Bonchev–Trinajstić information content (AvgIpc) is 2.86. The van der Waals surface area contributed by atoms with Crippen molar-refractivity contribution >= 4 is 11.9 Å². The largest absolute Gasteiger partial charge is 0.491 e. The van der Waals surface area contributed by atoms with Crippen LogP contribution in [0.15, 0.2) is 48.7 Å². The average molecular weight is 359 g/mol. The summed E-state index contributed by atoms with van der Waals surface area (Å²) in [5.74, 6) is -0.519. The number of pyridine rings is 1. The summed E-state index contributed by atoms with van der Waals surface area (Å²) in [7, 11) is 0. The number of β-amino-alcohol motifs (C(OH)–C–C–N with tert-alkyl or cyclic N) is 1. The Bertz CT molecular complexity index is 800. The second-order valence-corrected chi connectivity index (χ2v) is 6.10. The van der Waals surface area contributed by atoms with Crippen molar-refractivity contribution in [1.29, 1.82) is 0 Å². The van der Waals surface area contributed by atoms with E-state index in [1.165, 1.54) is 30.5 Å². The molecule has 0 radical (unpaired) electrons. The number of urea groups is 1. The van der Waals surface area contributed by atoms with Crippen molar-refractivity contribution in [3.05, 3.63) is 60.2 Å². The van der Waals surface area contributed by atoms with Gasteiger partial charge in [-0.25, -0.2) is 9.18 Å². The van der Waals surface area contributed by atoms with E-state index >= 15 is 0 Å². The Balaban J connectivity index is 1.63. The quantitative estimate of drug-likeness (QED) is 0.762. The van der Waals surface area contributed by atoms with Crippen LogP contribution in [0.2, 0.25) is 0 Å². The van der Waals surface area contributed by atoms with Gasteiger partial charge in [-0.1, -0.05) is 6.07 Å². The number of amides is 3.